The number of sulfonamides is 1. The molecule has 0 aliphatic heterocycles. The summed E-state index contributed by atoms with van der Waals surface area (Å²) in [5, 5.41) is 0. The number of aryl methyl sites for hydroxylation is 1. The molecule has 0 N–H and O–H groups in total. The molecule has 152 valence electrons. The standard InChI is InChI=1S/C23H26N2O3S/c1-3-28-22-13-12-19(2)17-23(22)29(26,27)25(18-21-11-7-8-15-24-21)16-14-20-9-5-4-6-10-20/h4-13,15,17H,3,14,16,18H2,1-2H3. The zero-order valence-electron chi connectivity index (χ0n) is 16.8. The highest BCUT2D eigenvalue weighted by Gasteiger charge is 2.28. The van der Waals surface area contributed by atoms with Crippen LogP contribution in [-0.4, -0.2) is 30.9 Å². The molecule has 0 amide bonds. The first-order chi connectivity index (χ1) is 14.0. The first kappa shape index (κ1) is 21.0. The molecule has 6 heteroatoms. The third-order valence-corrected chi connectivity index (χ3v) is 6.44. The maximum Gasteiger partial charge on any atom is 0.247 e. The molecule has 5 nitrogen and oxygen atoms in total. The Hall–Kier alpha value is -2.70. The number of rotatable bonds is 9. The molecule has 3 rings (SSSR count). The Labute approximate surface area is 173 Å². The van der Waals surface area contributed by atoms with Crippen LogP contribution in [0.15, 0.2) is 77.8 Å². The molecular formula is C23H26N2O3S. The average Bonchev–Trinajstić information content (AvgIpc) is 2.74. The van der Waals surface area contributed by atoms with Crippen LogP contribution in [0.5, 0.6) is 5.75 Å². The van der Waals surface area contributed by atoms with Crippen molar-refractivity contribution in [2.75, 3.05) is 13.2 Å². The van der Waals surface area contributed by atoms with Gasteiger partial charge < -0.3 is 4.74 Å². The molecule has 0 spiro atoms. The number of ether oxygens (including phenoxy) is 1. The van der Waals surface area contributed by atoms with Gasteiger partial charge in [0.05, 0.1) is 18.8 Å². The van der Waals surface area contributed by atoms with Gasteiger partial charge in [0.25, 0.3) is 0 Å². The minimum absolute atomic E-state index is 0.198. The van der Waals surface area contributed by atoms with Gasteiger partial charge in [0, 0.05) is 12.7 Å². The van der Waals surface area contributed by atoms with Crippen LogP contribution in [0.1, 0.15) is 23.7 Å². The molecule has 3 aromatic rings. The normalized spacial score (nSPS) is 11.6. The number of nitrogens with zero attached hydrogens (tertiary/aromatic N) is 2. The van der Waals surface area contributed by atoms with Gasteiger partial charge in [-0.1, -0.05) is 42.5 Å². The highest BCUT2D eigenvalue weighted by molar-refractivity contribution is 7.89. The molecule has 0 unspecified atom stereocenters. The quantitative estimate of drug-likeness (QED) is 0.530. The molecule has 0 fully saturated rings. The first-order valence-electron chi connectivity index (χ1n) is 9.68. The Morgan fingerprint density at radius 2 is 1.76 bits per heavy atom. The lowest BCUT2D eigenvalue weighted by atomic mass is 10.1. The minimum atomic E-state index is -3.78. The van der Waals surface area contributed by atoms with Crippen molar-refractivity contribution in [2.24, 2.45) is 0 Å². The zero-order chi connectivity index (χ0) is 20.7. The van der Waals surface area contributed by atoms with E-state index in [1.807, 2.05) is 68.4 Å². The van der Waals surface area contributed by atoms with Gasteiger partial charge in [-0.15, -0.1) is 0 Å². The molecule has 0 aliphatic rings. The molecule has 1 aromatic heterocycles. The van der Waals surface area contributed by atoms with Crippen LogP contribution < -0.4 is 4.74 Å². The van der Waals surface area contributed by atoms with Gasteiger partial charge in [0.2, 0.25) is 10.0 Å². The minimum Gasteiger partial charge on any atom is -0.492 e. The van der Waals surface area contributed by atoms with E-state index in [0.717, 1.165) is 11.1 Å². The van der Waals surface area contributed by atoms with Crippen molar-refractivity contribution in [3.05, 3.63) is 89.7 Å². The van der Waals surface area contributed by atoms with Crippen molar-refractivity contribution >= 4 is 10.0 Å². The van der Waals surface area contributed by atoms with Gasteiger partial charge in [-0.2, -0.15) is 4.31 Å². The summed E-state index contributed by atoms with van der Waals surface area (Å²) in [6, 6.07) is 20.7. The molecular weight excluding hydrogens is 384 g/mol. The van der Waals surface area contributed by atoms with E-state index in [1.165, 1.54) is 4.31 Å². The summed E-state index contributed by atoms with van der Waals surface area (Å²) in [4.78, 5) is 4.52. The van der Waals surface area contributed by atoms with Crippen molar-refractivity contribution in [3.8, 4) is 5.75 Å². The van der Waals surface area contributed by atoms with Crippen molar-refractivity contribution < 1.29 is 13.2 Å². The lowest BCUT2D eigenvalue weighted by molar-refractivity contribution is 0.328. The number of benzene rings is 2. The van der Waals surface area contributed by atoms with Crippen molar-refractivity contribution in [1.82, 2.24) is 9.29 Å². The lowest BCUT2D eigenvalue weighted by Crippen LogP contribution is -2.33. The molecule has 0 saturated carbocycles. The Morgan fingerprint density at radius 1 is 1.00 bits per heavy atom. The van der Waals surface area contributed by atoms with E-state index in [1.54, 1.807) is 18.3 Å². The molecule has 0 saturated heterocycles. The van der Waals surface area contributed by atoms with Crippen LogP contribution in [0.25, 0.3) is 0 Å². The third-order valence-electron chi connectivity index (χ3n) is 4.57. The van der Waals surface area contributed by atoms with Crippen LogP contribution in [0.3, 0.4) is 0 Å². The van der Waals surface area contributed by atoms with Crippen molar-refractivity contribution in [3.63, 3.8) is 0 Å². The summed E-state index contributed by atoms with van der Waals surface area (Å²) in [6.45, 7) is 4.67. The highest BCUT2D eigenvalue weighted by Crippen LogP contribution is 2.29. The summed E-state index contributed by atoms with van der Waals surface area (Å²) in [5.41, 5.74) is 2.66. The predicted octanol–water partition coefficient (Wildman–Crippen LogP) is 4.22. The van der Waals surface area contributed by atoms with Gasteiger partial charge in [0.15, 0.2) is 0 Å². The molecule has 0 bridgehead atoms. The van der Waals surface area contributed by atoms with Gasteiger partial charge in [-0.25, -0.2) is 8.42 Å². The number of hydrogen-bond donors (Lipinski definition) is 0. The second-order valence-electron chi connectivity index (χ2n) is 6.78. The number of aromatic nitrogens is 1. The molecule has 0 atom stereocenters. The van der Waals surface area contributed by atoms with Crippen LogP contribution in [0.2, 0.25) is 0 Å². The van der Waals surface area contributed by atoms with Crippen molar-refractivity contribution in [2.45, 2.75) is 31.7 Å². The zero-order valence-corrected chi connectivity index (χ0v) is 17.6. The largest absolute Gasteiger partial charge is 0.492 e. The van der Waals surface area contributed by atoms with Crippen LogP contribution in [0.4, 0.5) is 0 Å². The molecule has 0 radical (unpaired) electrons. The first-order valence-corrected chi connectivity index (χ1v) is 11.1. The van der Waals surface area contributed by atoms with Gasteiger partial charge >= 0.3 is 0 Å². The Morgan fingerprint density at radius 3 is 2.45 bits per heavy atom. The Balaban J connectivity index is 1.96. The van der Waals surface area contributed by atoms with E-state index in [4.69, 9.17) is 4.74 Å². The summed E-state index contributed by atoms with van der Waals surface area (Å²) in [6.07, 6.45) is 2.29. The van der Waals surface area contributed by atoms with Gasteiger partial charge in [0.1, 0.15) is 10.6 Å². The van der Waals surface area contributed by atoms with E-state index in [2.05, 4.69) is 4.98 Å². The molecule has 29 heavy (non-hydrogen) atoms. The topological polar surface area (TPSA) is 59.5 Å². The van der Waals surface area contributed by atoms with Gasteiger partial charge in [-0.05, 0) is 55.7 Å². The van der Waals surface area contributed by atoms with Crippen LogP contribution in [0, 0.1) is 6.92 Å². The summed E-state index contributed by atoms with van der Waals surface area (Å²) < 4.78 is 34.4. The summed E-state index contributed by atoms with van der Waals surface area (Å²) in [5.74, 6) is 0.379. The SMILES string of the molecule is CCOc1ccc(C)cc1S(=O)(=O)N(CCc1ccccc1)Cc1ccccn1. The molecule has 2 aromatic carbocycles. The smallest absolute Gasteiger partial charge is 0.247 e. The second kappa shape index (κ2) is 9.67. The maximum absolute atomic E-state index is 13.6. The van der Waals surface area contributed by atoms with Crippen LogP contribution in [-0.2, 0) is 23.0 Å². The maximum atomic E-state index is 13.6. The van der Waals surface area contributed by atoms with E-state index in [-0.39, 0.29) is 11.4 Å². The Kier molecular flexibility index (Phi) is 7.01. The Bertz CT molecular complexity index is 1020. The van der Waals surface area contributed by atoms with E-state index >= 15 is 0 Å². The molecule has 1 heterocycles. The fourth-order valence-electron chi connectivity index (χ4n) is 3.09. The van der Waals surface area contributed by atoms with E-state index < -0.39 is 10.0 Å². The average molecular weight is 411 g/mol. The lowest BCUT2D eigenvalue weighted by Gasteiger charge is -2.23. The third kappa shape index (κ3) is 5.43. The second-order valence-corrected chi connectivity index (χ2v) is 8.68. The fourth-order valence-corrected chi connectivity index (χ4v) is 4.71. The summed E-state index contributed by atoms with van der Waals surface area (Å²) in [7, 11) is -3.78. The number of hydrogen-bond acceptors (Lipinski definition) is 4. The van der Waals surface area contributed by atoms with E-state index in [9.17, 15) is 8.42 Å². The fraction of sp³-hybridized carbons (Fsp3) is 0.261. The molecule has 0 aliphatic carbocycles. The summed E-state index contributed by atoms with van der Waals surface area (Å²) >= 11 is 0. The number of pyridine rings is 1. The van der Waals surface area contributed by atoms with Crippen LogP contribution >= 0.6 is 0 Å². The van der Waals surface area contributed by atoms with Crippen molar-refractivity contribution in [1.29, 1.82) is 0 Å². The monoisotopic (exact) mass is 410 g/mol. The van der Waals surface area contributed by atoms with E-state index in [0.29, 0.717) is 31.0 Å². The predicted molar refractivity (Wildman–Crippen MR) is 114 cm³/mol. The van der Waals surface area contributed by atoms with Gasteiger partial charge in [-0.3, -0.25) is 4.98 Å². The highest BCUT2D eigenvalue weighted by atomic mass is 32.2.